The van der Waals surface area contributed by atoms with Crippen LogP contribution in [-0.2, 0) is 47.5 Å². The lowest BCUT2D eigenvalue weighted by Gasteiger charge is -2.53. The van der Waals surface area contributed by atoms with Crippen molar-refractivity contribution in [2.24, 2.45) is 0 Å². The second kappa shape index (κ2) is 15.1. The summed E-state index contributed by atoms with van der Waals surface area (Å²) >= 11 is 0. The van der Waals surface area contributed by atoms with Crippen LogP contribution in [0.3, 0.4) is 0 Å². The van der Waals surface area contributed by atoms with Crippen molar-refractivity contribution < 1.29 is 72.5 Å². The van der Waals surface area contributed by atoms with E-state index in [0.29, 0.717) is 18.4 Å². The van der Waals surface area contributed by atoms with E-state index in [1.807, 2.05) is 6.92 Å². The first-order chi connectivity index (χ1) is 27.4. The van der Waals surface area contributed by atoms with Crippen LogP contribution in [0.25, 0.3) is 0 Å². The number of aliphatic hydroxyl groups excluding tert-OH is 1. The van der Waals surface area contributed by atoms with Crippen LogP contribution in [0.15, 0.2) is 53.6 Å². The maximum atomic E-state index is 14.2. The van der Waals surface area contributed by atoms with Crippen molar-refractivity contribution in [3.05, 3.63) is 70.3 Å². The Kier molecular flexibility index (Phi) is 10.7. The van der Waals surface area contributed by atoms with Gasteiger partial charge in [-0.25, -0.2) is 0 Å². The third kappa shape index (κ3) is 7.12. The van der Waals surface area contributed by atoms with Crippen LogP contribution in [0.1, 0.15) is 112 Å². The number of rotatable bonds is 7. The van der Waals surface area contributed by atoms with E-state index >= 15 is 0 Å². The average molecular weight is 807 g/mol. The van der Waals surface area contributed by atoms with Gasteiger partial charge in [-0.2, -0.15) is 0 Å². The standard InChI is InChI=1S/C43H50O15/c1-20-28(44)8-11-34(53-20)56-31-10-13-35(55-22(31)3)57-40-23(4)52-32(17-30(40)46)24-6-7-25-27(16-24)38(48)26-14-15-42(50)19-41(5,58-36-12-9-29(45)21(2)54-36)18-33(47)43(42,51)37(26)39(25)49/h6-8,11,14-16,20-23,30-32,34-36,40,46,50-51H,9-10,12-13,17-19H2,1-5H3. The quantitative estimate of drug-likeness (QED) is 0.362. The minimum absolute atomic E-state index is 0.0372. The number of aliphatic hydroxyl groups is 3. The molecule has 58 heavy (non-hydrogen) atoms. The van der Waals surface area contributed by atoms with Crippen molar-refractivity contribution in [3.63, 3.8) is 0 Å². The molecule has 312 valence electrons. The first kappa shape index (κ1) is 41.1. The van der Waals surface area contributed by atoms with E-state index in [4.69, 9.17) is 33.2 Å². The lowest BCUT2D eigenvalue weighted by Crippen LogP contribution is -2.69. The minimum Gasteiger partial charge on any atom is -0.390 e. The van der Waals surface area contributed by atoms with Gasteiger partial charge in [0.2, 0.25) is 0 Å². The van der Waals surface area contributed by atoms with Crippen LogP contribution in [0, 0.1) is 0 Å². The predicted octanol–water partition coefficient (Wildman–Crippen LogP) is 3.00. The van der Waals surface area contributed by atoms with Crippen molar-refractivity contribution in [2.75, 3.05) is 0 Å². The summed E-state index contributed by atoms with van der Waals surface area (Å²) in [7, 11) is 0. The lowest BCUT2D eigenvalue weighted by molar-refractivity contribution is -0.292. The van der Waals surface area contributed by atoms with Crippen molar-refractivity contribution in [1.82, 2.24) is 0 Å². The van der Waals surface area contributed by atoms with E-state index in [2.05, 4.69) is 0 Å². The number of carbonyl (C=O) groups excluding carboxylic acids is 5. The molecule has 4 aliphatic heterocycles. The third-order valence-electron chi connectivity index (χ3n) is 12.6. The van der Waals surface area contributed by atoms with E-state index in [9.17, 15) is 39.3 Å². The molecule has 3 N–H and O–H groups in total. The number of ketones is 5. The molecule has 15 heteroatoms. The second-order valence-corrected chi connectivity index (χ2v) is 16.9. The summed E-state index contributed by atoms with van der Waals surface area (Å²) in [6, 6.07) is 4.57. The third-order valence-corrected chi connectivity index (χ3v) is 12.6. The Bertz CT molecular complexity index is 1990. The molecule has 7 aliphatic rings. The average Bonchev–Trinajstić information content (AvgIpc) is 3.16. The number of fused-ring (bicyclic) bond motifs is 3. The Morgan fingerprint density at radius 3 is 2.29 bits per heavy atom. The molecule has 1 aromatic carbocycles. The van der Waals surface area contributed by atoms with Gasteiger partial charge in [-0.05, 0) is 77.0 Å². The zero-order valence-electron chi connectivity index (χ0n) is 33.1. The molecule has 0 bridgehead atoms. The van der Waals surface area contributed by atoms with Crippen molar-refractivity contribution in [2.45, 2.75) is 164 Å². The van der Waals surface area contributed by atoms with Gasteiger partial charge in [0.05, 0.1) is 41.7 Å². The van der Waals surface area contributed by atoms with Crippen LogP contribution in [0.5, 0.6) is 0 Å². The summed E-state index contributed by atoms with van der Waals surface area (Å²) in [5.41, 5.74) is -6.50. The fraction of sp³-hybridized carbons (Fsp3) is 0.605. The van der Waals surface area contributed by atoms with Crippen LogP contribution in [-0.4, -0.2) is 123 Å². The van der Waals surface area contributed by atoms with E-state index < -0.39 is 102 Å². The number of Topliss-reactive ketones (excluding diaryl/α,β-unsaturated/α-hetero) is 4. The molecular weight excluding hydrogens is 756 g/mol. The SMILES string of the molecule is CC1OC(OC2CCC(OC3C(O)CC(c4ccc5c(c4)C(=O)C4=C(C5=O)C5(O)C(=O)CC(C)(OC6CCC(=O)C(C)O6)CC5(O)C=C4)OC3C)OC2C)C=CC1=O. The van der Waals surface area contributed by atoms with Gasteiger partial charge in [0, 0.05) is 55.2 Å². The fourth-order valence-corrected chi connectivity index (χ4v) is 9.46. The molecule has 4 fully saturated rings. The van der Waals surface area contributed by atoms with Crippen LogP contribution in [0.4, 0.5) is 0 Å². The van der Waals surface area contributed by atoms with Gasteiger partial charge in [-0.1, -0.05) is 12.1 Å². The smallest absolute Gasteiger partial charge is 0.194 e. The predicted molar refractivity (Wildman–Crippen MR) is 199 cm³/mol. The molecule has 0 spiro atoms. The van der Waals surface area contributed by atoms with Crippen molar-refractivity contribution >= 4 is 28.9 Å². The van der Waals surface area contributed by atoms with E-state index in [0.717, 1.165) is 0 Å². The van der Waals surface area contributed by atoms with E-state index in [-0.39, 0.29) is 66.2 Å². The summed E-state index contributed by atoms with van der Waals surface area (Å²) in [5, 5.41) is 35.4. The molecule has 1 saturated carbocycles. The Balaban J connectivity index is 0.929. The summed E-state index contributed by atoms with van der Waals surface area (Å²) in [6.45, 7) is 8.51. The Labute approximate surface area is 335 Å². The molecule has 0 amide bonds. The largest absolute Gasteiger partial charge is 0.390 e. The molecule has 1 aromatic rings. The van der Waals surface area contributed by atoms with Gasteiger partial charge in [0.15, 0.2) is 53.4 Å². The Morgan fingerprint density at radius 2 is 1.59 bits per heavy atom. The Morgan fingerprint density at radius 1 is 0.810 bits per heavy atom. The van der Waals surface area contributed by atoms with E-state index in [1.165, 1.54) is 30.4 Å². The molecule has 14 unspecified atom stereocenters. The first-order valence-corrected chi connectivity index (χ1v) is 20.1. The molecule has 3 saturated heterocycles. The summed E-state index contributed by atoms with van der Waals surface area (Å²) < 4.78 is 42.2. The highest BCUT2D eigenvalue weighted by Crippen LogP contribution is 2.52. The monoisotopic (exact) mass is 806 g/mol. The Hall–Kier alpha value is -3.61. The lowest BCUT2D eigenvalue weighted by atomic mass is 9.57. The van der Waals surface area contributed by atoms with Crippen LogP contribution in [0.2, 0.25) is 0 Å². The zero-order valence-corrected chi connectivity index (χ0v) is 33.1. The maximum Gasteiger partial charge on any atom is 0.194 e. The summed E-state index contributed by atoms with van der Waals surface area (Å²) in [5.74, 6) is -2.46. The topological polar surface area (TPSA) is 211 Å². The molecule has 3 aliphatic carbocycles. The van der Waals surface area contributed by atoms with E-state index in [1.54, 1.807) is 39.8 Å². The van der Waals surface area contributed by atoms with Gasteiger partial charge >= 0.3 is 0 Å². The van der Waals surface area contributed by atoms with Gasteiger partial charge in [-0.15, -0.1) is 0 Å². The summed E-state index contributed by atoms with van der Waals surface area (Å²) in [6.07, 6.45) is -0.545. The maximum absolute atomic E-state index is 14.2. The van der Waals surface area contributed by atoms with Gasteiger partial charge in [0.1, 0.15) is 23.9 Å². The fourth-order valence-electron chi connectivity index (χ4n) is 9.46. The zero-order chi connectivity index (χ0) is 41.5. The van der Waals surface area contributed by atoms with Gasteiger partial charge in [0.25, 0.3) is 0 Å². The highest BCUT2D eigenvalue weighted by atomic mass is 16.7. The molecule has 8 rings (SSSR count). The molecule has 4 heterocycles. The van der Waals surface area contributed by atoms with Gasteiger partial charge < -0.3 is 48.5 Å². The normalized spacial score (nSPS) is 43.0. The van der Waals surface area contributed by atoms with Crippen molar-refractivity contribution in [1.29, 1.82) is 0 Å². The van der Waals surface area contributed by atoms with Crippen LogP contribution >= 0.6 is 0 Å². The highest BCUT2D eigenvalue weighted by molar-refractivity contribution is 6.31. The number of hydrogen-bond acceptors (Lipinski definition) is 15. The molecule has 0 radical (unpaired) electrons. The summed E-state index contributed by atoms with van der Waals surface area (Å²) in [4.78, 5) is 66.0. The minimum atomic E-state index is -2.73. The second-order valence-electron chi connectivity index (χ2n) is 16.9. The van der Waals surface area contributed by atoms with Crippen molar-refractivity contribution in [3.8, 4) is 0 Å². The number of allylic oxidation sites excluding steroid dienone is 2. The highest BCUT2D eigenvalue weighted by Gasteiger charge is 2.67. The molecular formula is C43H50O15. The number of benzene rings is 1. The molecule has 14 atom stereocenters. The molecule has 15 nitrogen and oxygen atoms in total. The van der Waals surface area contributed by atoms with Gasteiger partial charge in [-0.3, -0.25) is 24.0 Å². The van der Waals surface area contributed by atoms with Crippen LogP contribution < -0.4 is 0 Å². The molecule has 0 aromatic heterocycles. The number of carbonyl (C=O) groups is 5. The number of ether oxygens (including phenoxy) is 7. The first-order valence-electron chi connectivity index (χ1n) is 20.1. The number of hydrogen-bond donors (Lipinski definition) is 3.